The van der Waals surface area contributed by atoms with Crippen LogP contribution in [-0.4, -0.2) is 21.8 Å². The van der Waals surface area contributed by atoms with Gasteiger partial charge in [0.15, 0.2) is 5.78 Å². The minimum atomic E-state index is 0.156. The van der Waals surface area contributed by atoms with Gasteiger partial charge in [-0.1, -0.05) is 30.3 Å². The summed E-state index contributed by atoms with van der Waals surface area (Å²) in [7, 11) is 0. The first kappa shape index (κ1) is 12.5. The Kier molecular flexibility index (Phi) is 2.95. The monoisotopic (exact) mass is 279 g/mol. The van der Waals surface area contributed by atoms with Gasteiger partial charge >= 0.3 is 0 Å². The summed E-state index contributed by atoms with van der Waals surface area (Å²) in [6.07, 6.45) is 5.43. The molecule has 2 aromatic rings. The van der Waals surface area contributed by atoms with Crippen LogP contribution in [0.1, 0.15) is 46.8 Å². The highest BCUT2D eigenvalue weighted by Gasteiger charge is 2.29. The van der Waals surface area contributed by atoms with Crippen molar-refractivity contribution in [3.8, 4) is 0 Å². The second-order valence-corrected chi connectivity index (χ2v) is 5.91. The molecular formula is C17H17N3O. The Morgan fingerprint density at radius 3 is 2.67 bits per heavy atom. The number of hydrogen-bond donors (Lipinski definition) is 1. The molecule has 4 heteroatoms. The van der Waals surface area contributed by atoms with E-state index in [1.807, 2.05) is 18.2 Å². The molecule has 0 saturated heterocycles. The zero-order valence-corrected chi connectivity index (χ0v) is 11.7. The van der Waals surface area contributed by atoms with Crippen LogP contribution in [-0.2, 0) is 6.42 Å². The maximum atomic E-state index is 12.3. The first-order valence-corrected chi connectivity index (χ1v) is 7.50. The number of aromatic nitrogens is 2. The molecule has 1 saturated carbocycles. The quantitative estimate of drug-likeness (QED) is 0.938. The number of carbonyl (C=O) groups excluding carboxylic acids is 1. The van der Waals surface area contributed by atoms with Crippen LogP contribution in [0.4, 0.5) is 5.95 Å². The third-order valence-corrected chi connectivity index (χ3v) is 4.22. The molecule has 0 spiro atoms. The van der Waals surface area contributed by atoms with Crippen LogP contribution in [0.3, 0.4) is 0 Å². The second kappa shape index (κ2) is 4.95. The van der Waals surface area contributed by atoms with Gasteiger partial charge in [-0.25, -0.2) is 9.97 Å². The standard InChI is InChI=1S/C17H17N3O/c21-16-9-12(11-4-2-1-3-5-11)8-15-14(16)10-18-17(20-15)19-13-6-7-13/h1-5,10,12-13H,6-9H2,(H,18,19,20)/t12-/m1/s1. The number of hydrogen-bond acceptors (Lipinski definition) is 4. The van der Waals surface area contributed by atoms with Crippen LogP contribution >= 0.6 is 0 Å². The molecule has 1 atom stereocenters. The van der Waals surface area contributed by atoms with Gasteiger partial charge in [0.05, 0.1) is 11.3 Å². The normalized spacial score (nSPS) is 21.0. The number of nitrogens with zero attached hydrogens (tertiary/aromatic N) is 2. The van der Waals surface area contributed by atoms with E-state index in [0.29, 0.717) is 24.0 Å². The lowest BCUT2D eigenvalue weighted by atomic mass is 9.82. The molecule has 1 aromatic carbocycles. The van der Waals surface area contributed by atoms with Crippen LogP contribution in [0.2, 0.25) is 0 Å². The van der Waals surface area contributed by atoms with E-state index in [1.54, 1.807) is 6.20 Å². The Morgan fingerprint density at radius 1 is 1.10 bits per heavy atom. The molecule has 1 aromatic heterocycles. The Labute approximate surface area is 123 Å². The molecule has 2 aliphatic carbocycles. The lowest BCUT2D eigenvalue weighted by molar-refractivity contribution is 0.0962. The molecular weight excluding hydrogens is 262 g/mol. The fourth-order valence-electron chi connectivity index (χ4n) is 2.89. The number of Topliss-reactive ketones (excluding diaryl/α,β-unsaturated/α-hetero) is 1. The molecule has 1 heterocycles. The molecule has 0 amide bonds. The molecule has 106 valence electrons. The molecule has 21 heavy (non-hydrogen) atoms. The fraction of sp³-hybridized carbons (Fsp3) is 0.353. The average molecular weight is 279 g/mol. The van der Waals surface area contributed by atoms with Gasteiger partial charge in [0.2, 0.25) is 5.95 Å². The highest BCUT2D eigenvalue weighted by atomic mass is 16.1. The largest absolute Gasteiger partial charge is 0.351 e. The molecule has 0 unspecified atom stereocenters. The van der Waals surface area contributed by atoms with E-state index >= 15 is 0 Å². The molecule has 1 fully saturated rings. The van der Waals surface area contributed by atoms with E-state index in [0.717, 1.165) is 12.1 Å². The van der Waals surface area contributed by atoms with Crippen molar-refractivity contribution in [2.45, 2.75) is 37.6 Å². The number of fused-ring (bicyclic) bond motifs is 1. The van der Waals surface area contributed by atoms with Crippen molar-refractivity contribution < 1.29 is 4.79 Å². The fourth-order valence-corrected chi connectivity index (χ4v) is 2.89. The van der Waals surface area contributed by atoms with E-state index in [-0.39, 0.29) is 11.7 Å². The third-order valence-electron chi connectivity index (χ3n) is 4.22. The number of ketones is 1. The second-order valence-electron chi connectivity index (χ2n) is 5.91. The van der Waals surface area contributed by atoms with Crippen molar-refractivity contribution >= 4 is 11.7 Å². The van der Waals surface area contributed by atoms with Crippen molar-refractivity contribution in [2.24, 2.45) is 0 Å². The maximum Gasteiger partial charge on any atom is 0.223 e. The summed E-state index contributed by atoms with van der Waals surface area (Å²) in [5.41, 5.74) is 2.80. The maximum absolute atomic E-state index is 12.3. The number of benzene rings is 1. The Bertz CT molecular complexity index is 680. The van der Waals surface area contributed by atoms with E-state index in [1.165, 1.54) is 18.4 Å². The third kappa shape index (κ3) is 2.53. The zero-order valence-electron chi connectivity index (χ0n) is 11.7. The molecule has 4 rings (SSSR count). The smallest absolute Gasteiger partial charge is 0.223 e. The molecule has 1 N–H and O–H groups in total. The summed E-state index contributed by atoms with van der Waals surface area (Å²) < 4.78 is 0. The molecule has 2 aliphatic rings. The highest BCUT2D eigenvalue weighted by Crippen LogP contribution is 2.32. The van der Waals surface area contributed by atoms with Gasteiger partial charge < -0.3 is 5.32 Å². The predicted molar refractivity (Wildman–Crippen MR) is 80.5 cm³/mol. The molecule has 0 bridgehead atoms. The van der Waals surface area contributed by atoms with E-state index in [2.05, 4.69) is 27.4 Å². The lowest BCUT2D eigenvalue weighted by Crippen LogP contribution is -2.21. The summed E-state index contributed by atoms with van der Waals surface area (Å²) in [6, 6.07) is 10.8. The Hall–Kier alpha value is -2.23. The zero-order chi connectivity index (χ0) is 14.2. The van der Waals surface area contributed by atoms with E-state index < -0.39 is 0 Å². The molecule has 0 radical (unpaired) electrons. The summed E-state index contributed by atoms with van der Waals surface area (Å²) in [6.45, 7) is 0. The average Bonchev–Trinajstić information content (AvgIpc) is 3.32. The van der Waals surface area contributed by atoms with Crippen molar-refractivity contribution in [2.75, 3.05) is 5.32 Å². The SMILES string of the molecule is O=C1C[C@H](c2ccccc2)Cc2nc(NC3CC3)ncc21. The highest BCUT2D eigenvalue weighted by molar-refractivity contribution is 5.98. The predicted octanol–water partition coefficient (Wildman–Crippen LogP) is 2.96. The number of nitrogens with one attached hydrogen (secondary N) is 1. The Balaban J connectivity index is 1.63. The van der Waals surface area contributed by atoms with Crippen molar-refractivity contribution in [3.05, 3.63) is 53.3 Å². The summed E-state index contributed by atoms with van der Waals surface area (Å²) in [5.74, 6) is 1.05. The van der Waals surface area contributed by atoms with Crippen molar-refractivity contribution in [3.63, 3.8) is 0 Å². The topological polar surface area (TPSA) is 54.9 Å². The van der Waals surface area contributed by atoms with Crippen LogP contribution < -0.4 is 5.32 Å². The van der Waals surface area contributed by atoms with Crippen molar-refractivity contribution in [1.82, 2.24) is 9.97 Å². The van der Waals surface area contributed by atoms with Gasteiger partial charge in [0.1, 0.15) is 0 Å². The van der Waals surface area contributed by atoms with Crippen molar-refractivity contribution in [1.29, 1.82) is 0 Å². The van der Waals surface area contributed by atoms with Crippen LogP contribution in [0.5, 0.6) is 0 Å². The number of rotatable bonds is 3. The van der Waals surface area contributed by atoms with E-state index in [9.17, 15) is 4.79 Å². The number of carbonyl (C=O) groups is 1. The molecule has 4 nitrogen and oxygen atoms in total. The molecule has 0 aliphatic heterocycles. The van der Waals surface area contributed by atoms with Gasteiger partial charge in [0.25, 0.3) is 0 Å². The van der Waals surface area contributed by atoms with Gasteiger partial charge in [0, 0.05) is 18.7 Å². The van der Waals surface area contributed by atoms with Crippen LogP contribution in [0.15, 0.2) is 36.5 Å². The minimum absolute atomic E-state index is 0.156. The first-order valence-electron chi connectivity index (χ1n) is 7.50. The summed E-state index contributed by atoms with van der Waals surface area (Å²) >= 11 is 0. The summed E-state index contributed by atoms with van der Waals surface area (Å²) in [5, 5.41) is 3.30. The first-order chi connectivity index (χ1) is 10.3. The van der Waals surface area contributed by atoms with Gasteiger partial charge in [-0.15, -0.1) is 0 Å². The minimum Gasteiger partial charge on any atom is -0.351 e. The Morgan fingerprint density at radius 2 is 1.90 bits per heavy atom. The van der Waals surface area contributed by atoms with Gasteiger partial charge in [-0.05, 0) is 30.7 Å². The summed E-state index contributed by atoms with van der Waals surface area (Å²) in [4.78, 5) is 21.2. The van der Waals surface area contributed by atoms with E-state index in [4.69, 9.17) is 0 Å². The van der Waals surface area contributed by atoms with Gasteiger partial charge in [-0.2, -0.15) is 0 Å². The van der Waals surface area contributed by atoms with Crippen LogP contribution in [0, 0.1) is 0 Å². The number of anilines is 1. The lowest BCUT2D eigenvalue weighted by Gasteiger charge is -2.23. The van der Waals surface area contributed by atoms with Crippen LogP contribution in [0.25, 0.3) is 0 Å². The van der Waals surface area contributed by atoms with Gasteiger partial charge in [-0.3, -0.25) is 4.79 Å².